The van der Waals surface area contributed by atoms with Crippen LogP contribution in [0.5, 0.6) is 11.5 Å². The molecule has 0 aliphatic rings. The van der Waals surface area contributed by atoms with Crippen LogP contribution in [0.15, 0.2) is 30.9 Å². The second-order valence-corrected chi connectivity index (χ2v) is 6.55. The van der Waals surface area contributed by atoms with Crippen LogP contribution in [0.25, 0.3) is 0 Å². The fraction of sp³-hybridized carbons (Fsp3) is 0.600. The predicted octanol–water partition coefficient (Wildman–Crippen LogP) is 3.12. The van der Waals surface area contributed by atoms with Crippen LogP contribution in [0.4, 0.5) is 0 Å². The van der Waals surface area contributed by atoms with Gasteiger partial charge in [0.05, 0.1) is 33.5 Å². The molecule has 0 spiro atoms. The van der Waals surface area contributed by atoms with Crippen molar-refractivity contribution in [3.05, 3.63) is 36.4 Å². The van der Waals surface area contributed by atoms with E-state index in [0.29, 0.717) is 32.2 Å². The van der Waals surface area contributed by atoms with E-state index in [1.165, 1.54) is 0 Å². The number of nitrogens with zero attached hydrogens (tertiary/aromatic N) is 1. The average molecular weight is 351 g/mol. The van der Waals surface area contributed by atoms with Crippen molar-refractivity contribution < 1.29 is 19.3 Å². The molecule has 0 radical (unpaired) electrons. The van der Waals surface area contributed by atoms with Crippen LogP contribution in [-0.2, 0) is 11.3 Å². The first kappa shape index (κ1) is 21.5. The lowest BCUT2D eigenvalue weighted by Crippen LogP contribution is -2.35. The van der Waals surface area contributed by atoms with Crippen molar-refractivity contribution in [1.29, 1.82) is 0 Å². The Bertz CT molecular complexity index is 504. The molecular formula is C20H33NO4. The Hall–Kier alpha value is -1.56. The lowest BCUT2D eigenvalue weighted by Gasteiger charge is -2.27. The maximum atomic E-state index is 10.3. The van der Waals surface area contributed by atoms with Gasteiger partial charge in [-0.25, -0.2) is 0 Å². The summed E-state index contributed by atoms with van der Waals surface area (Å²) in [6, 6.07) is 5.88. The first-order chi connectivity index (χ1) is 12.0. The number of para-hydroxylation sites is 1. The summed E-state index contributed by atoms with van der Waals surface area (Å²) in [6.07, 6.45) is 2.21. The topological polar surface area (TPSA) is 51.2 Å². The number of aliphatic hydroxyl groups excluding tert-OH is 1. The van der Waals surface area contributed by atoms with E-state index in [1.54, 1.807) is 20.3 Å². The summed E-state index contributed by atoms with van der Waals surface area (Å²) in [4.78, 5) is 2.24. The highest BCUT2D eigenvalue weighted by atomic mass is 16.5. The SMILES string of the molecule is C=CCOCC(O)CN(CCC(C)C)Cc1cccc(OC)c1OC. The first-order valence-electron chi connectivity index (χ1n) is 8.80. The third kappa shape index (κ3) is 7.90. The quantitative estimate of drug-likeness (QED) is 0.437. The molecular weight excluding hydrogens is 318 g/mol. The predicted molar refractivity (Wildman–Crippen MR) is 101 cm³/mol. The summed E-state index contributed by atoms with van der Waals surface area (Å²) < 4.78 is 16.3. The van der Waals surface area contributed by atoms with E-state index >= 15 is 0 Å². The third-order valence-corrected chi connectivity index (χ3v) is 3.92. The number of hydrogen-bond acceptors (Lipinski definition) is 5. The Morgan fingerprint density at radius 2 is 2.00 bits per heavy atom. The molecule has 0 heterocycles. The Morgan fingerprint density at radius 3 is 2.60 bits per heavy atom. The first-order valence-corrected chi connectivity index (χ1v) is 8.80. The van der Waals surface area contributed by atoms with E-state index in [9.17, 15) is 5.11 Å². The molecule has 0 aromatic heterocycles. The number of rotatable bonds is 13. The van der Waals surface area contributed by atoms with Gasteiger partial charge in [0.25, 0.3) is 0 Å². The van der Waals surface area contributed by atoms with Crippen molar-refractivity contribution in [1.82, 2.24) is 4.90 Å². The summed E-state index contributed by atoms with van der Waals surface area (Å²) in [5.41, 5.74) is 1.05. The number of methoxy groups -OCH3 is 2. The van der Waals surface area contributed by atoms with Crippen LogP contribution < -0.4 is 9.47 Å². The molecule has 1 N–H and O–H groups in total. The molecule has 1 aromatic carbocycles. The highest BCUT2D eigenvalue weighted by Gasteiger charge is 2.17. The monoisotopic (exact) mass is 351 g/mol. The molecule has 1 atom stereocenters. The Labute approximate surface area is 152 Å². The second kappa shape index (κ2) is 11.9. The standard InChI is InChI=1S/C20H33NO4/c1-6-12-25-15-18(22)14-21(11-10-16(2)3)13-17-8-7-9-19(23-4)20(17)24-5/h6-9,16,18,22H,1,10-15H2,2-5H3. The van der Waals surface area contributed by atoms with Gasteiger partial charge in [0, 0.05) is 18.7 Å². The lowest BCUT2D eigenvalue weighted by molar-refractivity contribution is 0.0236. The zero-order valence-electron chi connectivity index (χ0n) is 16.0. The molecule has 1 unspecified atom stereocenters. The van der Waals surface area contributed by atoms with Gasteiger partial charge in [0.15, 0.2) is 11.5 Å². The van der Waals surface area contributed by atoms with Crippen LogP contribution in [0.3, 0.4) is 0 Å². The highest BCUT2D eigenvalue weighted by Crippen LogP contribution is 2.31. The maximum absolute atomic E-state index is 10.3. The van der Waals surface area contributed by atoms with Gasteiger partial charge in [-0.15, -0.1) is 6.58 Å². The van der Waals surface area contributed by atoms with Crippen molar-refractivity contribution in [2.24, 2.45) is 5.92 Å². The Morgan fingerprint density at radius 1 is 1.24 bits per heavy atom. The smallest absolute Gasteiger partial charge is 0.165 e. The van der Waals surface area contributed by atoms with E-state index in [0.717, 1.165) is 30.0 Å². The van der Waals surface area contributed by atoms with E-state index < -0.39 is 6.10 Å². The second-order valence-electron chi connectivity index (χ2n) is 6.55. The molecule has 0 saturated heterocycles. The zero-order chi connectivity index (χ0) is 18.7. The highest BCUT2D eigenvalue weighted by molar-refractivity contribution is 5.46. The van der Waals surface area contributed by atoms with Crippen LogP contribution in [-0.4, -0.2) is 56.6 Å². The van der Waals surface area contributed by atoms with Gasteiger partial charge in [-0.2, -0.15) is 0 Å². The van der Waals surface area contributed by atoms with Crippen LogP contribution in [0.2, 0.25) is 0 Å². The van der Waals surface area contributed by atoms with Crippen molar-refractivity contribution in [2.45, 2.75) is 32.9 Å². The molecule has 0 aliphatic carbocycles. The van der Waals surface area contributed by atoms with Gasteiger partial charge < -0.3 is 19.3 Å². The molecule has 5 nitrogen and oxygen atoms in total. The van der Waals surface area contributed by atoms with Crippen molar-refractivity contribution in [3.8, 4) is 11.5 Å². The van der Waals surface area contributed by atoms with Crippen LogP contribution >= 0.6 is 0 Å². The Kier molecular flexibility index (Phi) is 10.2. The maximum Gasteiger partial charge on any atom is 0.165 e. The molecule has 0 amide bonds. The molecule has 0 bridgehead atoms. The van der Waals surface area contributed by atoms with Gasteiger partial charge in [-0.1, -0.05) is 32.1 Å². The molecule has 0 aliphatic heterocycles. The van der Waals surface area contributed by atoms with Crippen molar-refractivity contribution in [2.75, 3.05) is 40.5 Å². The molecule has 1 rings (SSSR count). The minimum absolute atomic E-state index is 0.305. The largest absolute Gasteiger partial charge is 0.493 e. The fourth-order valence-corrected chi connectivity index (χ4v) is 2.63. The minimum Gasteiger partial charge on any atom is -0.493 e. The number of aliphatic hydroxyl groups is 1. The van der Waals surface area contributed by atoms with E-state index in [1.807, 2.05) is 18.2 Å². The van der Waals surface area contributed by atoms with E-state index in [-0.39, 0.29) is 0 Å². The lowest BCUT2D eigenvalue weighted by atomic mass is 10.1. The number of benzene rings is 1. The molecule has 0 saturated carbocycles. The van der Waals surface area contributed by atoms with Crippen molar-refractivity contribution >= 4 is 0 Å². The van der Waals surface area contributed by atoms with Gasteiger partial charge >= 0.3 is 0 Å². The summed E-state index contributed by atoms with van der Waals surface area (Å²) >= 11 is 0. The van der Waals surface area contributed by atoms with Gasteiger partial charge in [-0.05, 0) is 24.9 Å². The minimum atomic E-state index is -0.538. The van der Waals surface area contributed by atoms with Gasteiger partial charge in [0.2, 0.25) is 0 Å². The zero-order valence-corrected chi connectivity index (χ0v) is 16.0. The van der Waals surface area contributed by atoms with Crippen molar-refractivity contribution in [3.63, 3.8) is 0 Å². The fourth-order valence-electron chi connectivity index (χ4n) is 2.63. The van der Waals surface area contributed by atoms with Crippen LogP contribution in [0, 0.1) is 5.92 Å². The Balaban J connectivity index is 2.80. The molecule has 142 valence electrons. The van der Waals surface area contributed by atoms with Gasteiger partial charge in [0.1, 0.15) is 0 Å². The van der Waals surface area contributed by atoms with Crippen LogP contribution in [0.1, 0.15) is 25.8 Å². The summed E-state index contributed by atoms with van der Waals surface area (Å²) in [5, 5.41) is 10.3. The number of hydrogen-bond donors (Lipinski definition) is 1. The van der Waals surface area contributed by atoms with E-state index in [2.05, 4.69) is 25.3 Å². The molecule has 1 aromatic rings. The normalized spacial score (nSPS) is 12.4. The summed E-state index contributed by atoms with van der Waals surface area (Å²) in [5.74, 6) is 2.07. The summed E-state index contributed by atoms with van der Waals surface area (Å²) in [7, 11) is 3.29. The van der Waals surface area contributed by atoms with E-state index in [4.69, 9.17) is 14.2 Å². The number of ether oxygens (including phenoxy) is 3. The molecule has 25 heavy (non-hydrogen) atoms. The van der Waals surface area contributed by atoms with Gasteiger partial charge in [-0.3, -0.25) is 4.90 Å². The molecule has 5 heteroatoms. The summed E-state index contributed by atoms with van der Waals surface area (Å²) in [6.45, 7) is 10.9. The average Bonchev–Trinajstić information content (AvgIpc) is 2.59. The molecule has 0 fully saturated rings. The third-order valence-electron chi connectivity index (χ3n) is 3.92.